The van der Waals surface area contributed by atoms with Crippen LogP contribution in [0.25, 0.3) is 0 Å². The van der Waals surface area contributed by atoms with Crippen molar-refractivity contribution in [2.45, 2.75) is 24.9 Å². The molecule has 0 amide bonds. The molecule has 0 spiro atoms. The van der Waals surface area contributed by atoms with Crippen LogP contribution < -0.4 is 5.43 Å². The molecule has 2 aliphatic heterocycles. The van der Waals surface area contributed by atoms with Gasteiger partial charge in [-0.15, -0.1) is 0 Å². The molecule has 3 rings (SSSR count). The van der Waals surface area contributed by atoms with Crippen molar-refractivity contribution in [3.05, 3.63) is 12.3 Å². The number of nitrogens with one attached hydrogen (secondary N) is 1. The van der Waals surface area contributed by atoms with E-state index in [1.54, 1.807) is 0 Å². The summed E-state index contributed by atoms with van der Waals surface area (Å²) in [5.41, 5.74) is 3.40. The van der Waals surface area contributed by atoms with E-state index >= 15 is 0 Å². The fourth-order valence-electron chi connectivity index (χ4n) is 2.56. The van der Waals surface area contributed by atoms with Gasteiger partial charge in [0.15, 0.2) is 0 Å². The van der Waals surface area contributed by atoms with Crippen LogP contribution in [-0.2, 0) is 0 Å². The van der Waals surface area contributed by atoms with Crippen LogP contribution in [0.15, 0.2) is 17.3 Å². The number of allylic oxidation sites excluding steroid dienone is 1. The summed E-state index contributed by atoms with van der Waals surface area (Å²) in [6, 6.07) is 1.30. The highest BCUT2D eigenvalue weighted by Crippen LogP contribution is 2.35. The second-order valence-electron chi connectivity index (χ2n) is 3.86. The minimum Gasteiger partial charge on any atom is -0.312 e. The molecule has 3 heteroatoms. The standard InChI is InChI=1S/C9H13N3/c1-2-10-8-4-7-6-11-12(3-1)9(7)5-8/h1-3,7-9,11H,4-6H2. The lowest BCUT2D eigenvalue weighted by atomic mass is 10.1. The molecule has 3 nitrogen and oxygen atoms in total. The Labute approximate surface area is 72.1 Å². The number of aliphatic imine (C=N–C) groups is 1. The third-order valence-electron chi connectivity index (χ3n) is 3.16. The van der Waals surface area contributed by atoms with E-state index in [9.17, 15) is 0 Å². The number of rotatable bonds is 0. The molecular formula is C9H13N3. The minimum absolute atomic E-state index is 0.592. The molecule has 1 saturated carbocycles. The summed E-state index contributed by atoms with van der Waals surface area (Å²) in [4.78, 5) is 4.50. The average molecular weight is 163 g/mol. The predicted octanol–water partition coefficient (Wildman–Crippen LogP) is 0.552. The van der Waals surface area contributed by atoms with Gasteiger partial charge < -0.3 is 5.01 Å². The zero-order valence-electron chi connectivity index (χ0n) is 6.98. The Morgan fingerprint density at radius 2 is 2.42 bits per heavy atom. The van der Waals surface area contributed by atoms with Crippen molar-refractivity contribution >= 4 is 6.21 Å². The van der Waals surface area contributed by atoms with Gasteiger partial charge in [-0.2, -0.15) is 0 Å². The Balaban J connectivity index is 1.97. The molecule has 1 saturated heterocycles. The topological polar surface area (TPSA) is 27.6 Å². The Morgan fingerprint density at radius 3 is 3.42 bits per heavy atom. The van der Waals surface area contributed by atoms with Crippen LogP contribution in [-0.4, -0.2) is 29.9 Å². The summed E-state index contributed by atoms with van der Waals surface area (Å²) in [6.45, 7) is 1.14. The van der Waals surface area contributed by atoms with Crippen LogP contribution in [0.3, 0.4) is 0 Å². The molecule has 3 atom stereocenters. The van der Waals surface area contributed by atoms with Gasteiger partial charge in [-0.3, -0.25) is 4.99 Å². The Kier molecular flexibility index (Phi) is 1.29. The van der Waals surface area contributed by atoms with Gasteiger partial charge in [-0.25, -0.2) is 5.43 Å². The maximum atomic E-state index is 4.50. The lowest BCUT2D eigenvalue weighted by Crippen LogP contribution is -2.33. The van der Waals surface area contributed by atoms with E-state index in [0.717, 1.165) is 12.5 Å². The molecule has 3 aliphatic rings. The van der Waals surface area contributed by atoms with E-state index < -0.39 is 0 Å². The lowest BCUT2D eigenvalue weighted by Gasteiger charge is -2.21. The van der Waals surface area contributed by atoms with Crippen molar-refractivity contribution in [2.24, 2.45) is 10.9 Å². The summed E-state index contributed by atoms with van der Waals surface area (Å²) in [5.74, 6) is 0.829. The Bertz CT molecular complexity index is 246. The van der Waals surface area contributed by atoms with Crippen LogP contribution in [0.1, 0.15) is 12.8 Å². The quantitative estimate of drug-likeness (QED) is 0.565. The van der Waals surface area contributed by atoms with Gasteiger partial charge in [0.2, 0.25) is 0 Å². The molecule has 0 aromatic carbocycles. The SMILES string of the molecule is C1=CN2NCC3CC(CC32)N=C1. The van der Waals surface area contributed by atoms with E-state index in [2.05, 4.69) is 21.6 Å². The number of hydrogen-bond donors (Lipinski definition) is 1. The molecule has 1 aliphatic carbocycles. The number of nitrogens with zero attached hydrogens (tertiary/aromatic N) is 2. The molecule has 0 radical (unpaired) electrons. The van der Waals surface area contributed by atoms with E-state index in [1.807, 2.05) is 12.3 Å². The molecule has 64 valence electrons. The molecule has 2 heterocycles. The molecular weight excluding hydrogens is 150 g/mol. The van der Waals surface area contributed by atoms with Gasteiger partial charge in [-0.05, 0) is 24.8 Å². The van der Waals surface area contributed by atoms with Crippen molar-refractivity contribution in [3.63, 3.8) is 0 Å². The number of fused-ring (bicyclic) bond motifs is 1. The molecule has 0 aromatic heterocycles. The first-order valence-electron chi connectivity index (χ1n) is 4.65. The molecule has 2 bridgehead atoms. The van der Waals surface area contributed by atoms with Crippen LogP contribution >= 0.6 is 0 Å². The summed E-state index contributed by atoms with van der Waals surface area (Å²) in [5, 5.41) is 2.26. The fourth-order valence-corrected chi connectivity index (χ4v) is 2.56. The zero-order valence-corrected chi connectivity index (χ0v) is 6.98. The number of hydrazine groups is 1. The second kappa shape index (κ2) is 2.33. The van der Waals surface area contributed by atoms with Gasteiger partial charge in [0, 0.05) is 19.0 Å². The van der Waals surface area contributed by atoms with Crippen LogP contribution in [0.2, 0.25) is 0 Å². The second-order valence-corrected chi connectivity index (χ2v) is 3.86. The monoisotopic (exact) mass is 163 g/mol. The van der Waals surface area contributed by atoms with E-state index in [1.165, 1.54) is 12.8 Å². The van der Waals surface area contributed by atoms with Crippen molar-refractivity contribution in [3.8, 4) is 0 Å². The summed E-state index contributed by atoms with van der Waals surface area (Å²) < 4.78 is 0. The highest BCUT2D eigenvalue weighted by Gasteiger charge is 2.41. The van der Waals surface area contributed by atoms with Gasteiger partial charge in [0.1, 0.15) is 0 Å². The van der Waals surface area contributed by atoms with E-state index in [4.69, 9.17) is 0 Å². The molecule has 12 heavy (non-hydrogen) atoms. The third-order valence-corrected chi connectivity index (χ3v) is 3.16. The van der Waals surface area contributed by atoms with Crippen LogP contribution in [0, 0.1) is 5.92 Å². The van der Waals surface area contributed by atoms with Crippen molar-refractivity contribution in [1.82, 2.24) is 10.4 Å². The highest BCUT2D eigenvalue weighted by atomic mass is 15.5. The van der Waals surface area contributed by atoms with Gasteiger partial charge in [0.05, 0.1) is 12.1 Å². The molecule has 0 aromatic rings. The van der Waals surface area contributed by atoms with Gasteiger partial charge in [0.25, 0.3) is 0 Å². The van der Waals surface area contributed by atoms with Crippen molar-refractivity contribution in [2.75, 3.05) is 6.54 Å². The van der Waals surface area contributed by atoms with Crippen LogP contribution in [0.5, 0.6) is 0 Å². The normalized spacial score (nSPS) is 43.3. The Morgan fingerprint density at radius 1 is 1.42 bits per heavy atom. The van der Waals surface area contributed by atoms with Gasteiger partial charge >= 0.3 is 0 Å². The average Bonchev–Trinajstić information content (AvgIpc) is 2.57. The predicted molar refractivity (Wildman–Crippen MR) is 47.8 cm³/mol. The Hall–Kier alpha value is -0.830. The zero-order chi connectivity index (χ0) is 7.97. The molecule has 2 fully saturated rings. The summed E-state index contributed by atoms with van der Waals surface area (Å²) in [7, 11) is 0. The first-order valence-corrected chi connectivity index (χ1v) is 4.65. The maximum absolute atomic E-state index is 4.50. The van der Waals surface area contributed by atoms with Gasteiger partial charge in [-0.1, -0.05) is 0 Å². The summed E-state index contributed by atoms with van der Waals surface area (Å²) in [6.07, 6.45) is 8.57. The third kappa shape index (κ3) is 0.829. The maximum Gasteiger partial charge on any atom is 0.0523 e. The van der Waals surface area contributed by atoms with E-state index in [-0.39, 0.29) is 0 Å². The largest absolute Gasteiger partial charge is 0.312 e. The first kappa shape index (κ1) is 6.66. The first-order chi connectivity index (χ1) is 5.93. The summed E-state index contributed by atoms with van der Waals surface area (Å²) >= 11 is 0. The molecule has 3 unspecified atom stereocenters. The fraction of sp³-hybridized carbons (Fsp3) is 0.667. The number of hydrogen-bond acceptors (Lipinski definition) is 3. The minimum atomic E-state index is 0.592. The highest BCUT2D eigenvalue weighted by molar-refractivity contribution is 5.71. The van der Waals surface area contributed by atoms with Crippen molar-refractivity contribution in [1.29, 1.82) is 0 Å². The lowest BCUT2D eigenvalue weighted by molar-refractivity contribution is 0.262. The molecule has 1 N–H and O–H groups in total. The van der Waals surface area contributed by atoms with Crippen molar-refractivity contribution < 1.29 is 0 Å². The van der Waals surface area contributed by atoms with E-state index in [0.29, 0.717) is 12.1 Å². The van der Waals surface area contributed by atoms with Crippen LogP contribution in [0.4, 0.5) is 0 Å². The smallest absolute Gasteiger partial charge is 0.0523 e.